The minimum absolute atomic E-state index is 0. The molecular weight excluding hydrogens is 308 g/mol. The van der Waals surface area contributed by atoms with E-state index in [-0.39, 0.29) is 17.0 Å². The lowest BCUT2D eigenvalue weighted by atomic mass is 10.0. The Morgan fingerprint density at radius 1 is 0.300 bits per heavy atom. The van der Waals surface area contributed by atoms with E-state index in [4.69, 9.17) is 0 Å². The van der Waals surface area contributed by atoms with Crippen molar-refractivity contribution < 1.29 is 0 Å². The molecule has 0 radical (unpaired) electrons. The summed E-state index contributed by atoms with van der Waals surface area (Å²) in [5, 5.41) is 0. The second kappa shape index (κ2) is 21.8. The molecule has 0 atom stereocenters. The third kappa shape index (κ3) is 20.8. The van der Waals surface area contributed by atoms with Gasteiger partial charge in [0.15, 0.2) is 0 Å². The fourth-order valence-electron chi connectivity index (χ4n) is 2.80. The van der Waals surface area contributed by atoms with Crippen molar-refractivity contribution in [3.63, 3.8) is 0 Å². The zero-order valence-corrected chi connectivity index (χ0v) is 16.1. The minimum atomic E-state index is 0. The molecule has 0 aliphatic rings. The zero-order valence-electron chi connectivity index (χ0n) is 14.4. The molecule has 0 aromatic heterocycles. The molecular formula is C19H41Br. The summed E-state index contributed by atoms with van der Waals surface area (Å²) in [7, 11) is 0. The van der Waals surface area contributed by atoms with Gasteiger partial charge in [-0.2, -0.15) is 0 Å². The van der Waals surface area contributed by atoms with Gasteiger partial charge in [0.2, 0.25) is 0 Å². The van der Waals surface area contributed by atoms with E-state index in [0.717, 1.165) is 0 Å². The molecule has 0 aliphatic heterocycles. The first-order valence-electron chi connectivity index (χ1n) is 9.41. The second-order valence-corrected chi connectivity index (χ2v) is 6.30. The number of rotatable bonds is 16. The van der Waals surface area contributed by atoms with Gasteiger partial charge in [0, 0.05) is 0 Å². The van der Waals surface area contributed by atoms with Gasteiger partial charge in [-0.3, -0.25) is 0 Å². The van der Waals surface area contributed by atoms with Crippen LogP contribution >= 0.6 is 17.0 Å². The average Bonchev–Trinajstić information content (AvgIpc) is 2.43. The van der Waals surface area contributed by atoms with E-state index in [0.29, 0.717) is 0 Å². The molecule has 0 fully saturated rings. The normalized spacial score (nSPS) is 10.5. The predicted octanol–water partition coefficient (Wildman–Crippen LogP) is 8.24. The third-order valence-electron chi connectivity index (χ3n) is 4.21. The lowest BCUT2D eigenvalue weighted by Gasteiger charge is -2.03. The van der Waals surface area contributed by atoms with Gasteiger partial charge in [-0.15, -0.1) is 17.0 Å². The molecule has 0 rings (SSSR count). The molecule has 20 heavy (non-hydrogen) atoms. The summed E-state index contributed by atoms with van der Waals surface area (Å²) in [5.41, 5.74) is 0. The average molecular weight is 349 g/mol. The van der Waals surface area contributed by atoms with Crippen LogP contribution in [-0.2, 0) is 0 Å². The number of halogens is 1. The predicted molar refractivity (Wildman–Crippen MR) is 100 cm³/mol. The highest BCUT2D eigenvalue weighted by Gasteiger charge is 1.94. The van der Waals surface area contributed by atoms with E-state index in [1.807, 2.05) is 0 Å². The van der Waals surface area contributed by atoms with E-state index in [2.05, 4.69) is 13.8 Å². The van der Waals surface area contributed by atoms with E-state index >= 15 is 0 Å². The molecule has 0 saturated heterocycles. The standard InChI is InChI=1S/C19H40.BrH/c1-3-5-7-9-11-13-15-17-19-18-16-14-12-10-8-6-4-2;/h3-19H2,1-2H3;1H. The Morgan fingerprint density at radius 3 is 0.600 bits per heavy atom. The molecule has 0 aromatic rings. The van der Waals surface area contributed by atoms with Crippen molar-refractivity contribution in [3.05, 3.63) is 0 Å². The maximum atomic E-state index is 2.30. The lowest BCUT2D eigenvalue weighted by molar-refractivity contribution is 0.529. The molecule has 0 bridgehead atoms. The molecule has 0 aromatic carbocycles. The fourth-order valence-corrected chi connectivity index (χ4v) is 2.80. The Hall–Kier alpha value is 0.480. The van der Waals surface area contributed by atoms with Crippen LogP contribution in [0.15, 0.2) is 0 Å². The molecule has 0 amide bonds. The first-order chi connectivity index (χ1) is 9.41. The molecule has 0 heterocycles. The fraction of sp³-hybridized carbons (Fsp3) is 1.00. The summed E-state index contributed by atoms with van der Waals surface area (Å²) in [6.07, 6.45) is 24.9. The van der Waals surface area contributed by atoms with Crippen molar-refractivity contribution in [1.29, 1.82) is 0 Å². The van der Waals surface area contributed by atoms with E-state index < -0.39 is 0 Å². The Bertz CT molecular complexity index is 129. The van der Waals surface area contributed by atoms with E-state index in [1.165, 1.54) is 109 Å². The number of hydrogen-bond acceptors (Lipinski definition) is 0. The summed E-state index contributed by atoms with van der Waals surface area (Å²) in [6, 6.07) is 0. The molecule has 0 aliphatic carbocycles. The Kier molecular flexibility index (Phi) is 24.8. The molecule has 0 saturated carbocycles. The van der Waals surface area contributed by atoms with Crippen molar-refractivity contribution in [2.75, 3.05) is 0 Å². The van der Waals surface area contributed by atoms with Gasteiger partial charge in [0.1, 0.15) is 0 Å². The maximum Gasteiger partial charge on any atom is -0.0533 e. The van der Waals surface area contributed by atoms with Crippen LogP contribution in [-0.4, -0.2) is 0 Å². The molecule has 0 spiro atoms. The summed E-state index contributed by atoms with van der Waals surface area (Å²) < 4.78 is 0. The monoisotopic (exact) mass is 348 g/mol. The van der Waals surface area contributed by atoms with Crippen LogP contribution in [0, 0.1) is 0 Å². The van der Waals surface area contributed by atoms with Gasteiger partial charge in [-0.1, -0.05) is 123 Å². The van der Waals surface area contributed by atoms with Gasteiger partial charge in [0.25, 0.3) is 0 Å². The van der Waals surface area contributed by atoms with Crippen molar-refractivity contribution >= 4 is 17.0 Å². The lowest BCUT2D eigenvalue weighted by Crippen LogP contribution is -1.83. The highest BCUT2D eigenvalue weighted by Crippen LogP contribution is 2.13. The number of hydrogen-bond donors (Lipinski definition) is 0. The van der Waals surface area contributed by atoms with Gasteiger partial charge in [-0.05, 0) is 0 Å². The van der Waals surface area contributed by atoms with Gasteiger partial charge in [0.05, 0.1) is 0 Å². The number of unbranched alkanes of at least 4 members (excludes halogenated alkanes) is 16. The smallest absolute Gasteiger partial charge is 0.0533 e. The molecule has 0 unspecified atom stereocenters. The topological polar surface area (TPSA) is 0 Å². The van der Waals surface area contributed by atoms with Crippen LogP contribution in [0.25, 0.3) is 0 Å². The Labute approximate surface area is 140 Å². The SMILES string of the molecule is Br.CCCCCCCCCCCCCCCCCCC. The quantitative estimate of drug-likeness (QED) is 0.246. The second-order valence-electron chi connectivity index (χ2n) is 6.30. The third-order valence-corrected chi connectivity index (χ3v) is 4.21. The van der Waals surface area contributed by atoms with Gasteiger partial charge in [-0.25, -0.2) is 0 Å². The summed E-state index contributed by atoms with van der Waals surface area (Å²) in [5.74, 6) is 0. The van der Waals surface area contributed by atoms with Crippen LogP contribution < -0.4 is 0 Å². The summed E-state index contributed by atoms with van der Waals surface area (Å²) >= 11 is 0. The Morgan fingerprint density at radius 2 is 0.450 bits per heavy atom. The zero-order chi connectivity index (χ0) is 14.0. The van der Waals surface area contributed by atoms with Gasteiger partial charge >= 0.3 is 0 Å². The highest BCUT2D eigenvalue weighted by atomic mass is 79.9. The van der Waals surface area contributed by atoms with Crippen LogP contribution in [0.1, 0.15) is 123 Å². The maximum absolute atomic E-state index is 2.30. The largest absolute Gasteiger partial charge is 0.114 e. The van der Waals surface area contributed by atoms with E-state index in [9.17, 15) is 0 Å². The van der Waals surface area contributed by atoms with Crippen LogP contribution in [0.2, 0.25) is 0 Å². The molecule has 124 valence electrons. The van der Waals surface area contributed by atoms with E-state index in [1.54, 1.807) is 0 Å². The summed E-state index contributed by atoms with van der Waals surface area (Å²) in [4.78, 5) is 0. The first kappa shape index (κ1) is 22.8. The minimum Gasteiger partial charge on any atom is -0.114 e. The van der Waals surface area contributed by atoms with Gasteiger partial charge < -0.3 is 0 Å². The molecule has 1 heteroatoms. The first-order valence-corrected chi connectivity index (χ1v) is 9.41. The van der Waals surface area contributed by atoms with Crippen LogP contribution in [0.3, 0.4) is 0 Å². The van der Waals surface area contributed by atoms with Crippen molar-refractivity contribution in [1.82, 2.24) is 0 Å². The van der Waals surface area contributed by atoms with Crippen LogP contribution in [0.5, 0.6) is 0 Å². The van der Waals surface area contributed by atoms with Crippen molar-refractivity contribution in [3.8, 4) is 0 Å². The van der Waals surface area contributed by atoms with Crippen molar-refractivity contribution in [2.24, 2.45) is 0 Å². The molecule has 0 N–H and O–H groups in total. The highest BCUT2D eigenvalue weighted by molar-refractivity contribution is 8.93. The molecule has 0 nitrogen and oxygen atoms in total. The Balaban J connectivity index is 0. The van der Waals surface area contributed by atoms with Crippen molar-refractivity contribution in [2.45, 2.75) is 123 Å². The van der Waals surface area contributed by atoms with Crippen LogP contribution in [0.4, 0.5) is 0 Å². The summed E-state index contributed by atoms with van der Waals surface area (Å²) in [6.45, 7) is 4.59.